The maximum Gasteiger partial charge on any atom is 0.229 e. The van der Waals surface area contributed by atoms with Gasteiger partial charge in [-0.3, -0.25) is 9.71 Å². The van der Waals surface area contributed by atoms with Crippen LogP contribution in [0.3, 0.4) is 0 Å². The predicted molar refractivity (Wildman–Crippen MR) is 172 cm³/mol. The second kappa shape index (κ2) is 10.8. The molecule has 1 aliphatic heterocycles. The van der Waals surface area contributed by atoms with E-state index >= 15 is 0 Å². The number of benzene rings is 3. The van der Waals surface area contributed by atoms with Crippen LogP contribution in [0.25, 0.3) is 16.5 Å². The molecule has 3 aromatic carbocycles. The highest BCUT2D eigenvalue weighted by Crippen LogP contribution is 2.45. The molecule has 214 valence electrons. The molecule has 2 aromatic heterocycles. The average molecular weight is 598 g/mol. The summed E-state index contributed by atoms with van der Waals surface area (Å²) in [4.78, 5) is 6.75. The second-order valence-corrected chi connectivity index (χ2v) is 12.6. The smallest absolute Gasteiger partial charge is 0.229 e. The maximum absolute atomic E-state index is 12.0. The van der Waals surface area contributed by atoms with E-state index < -0.39 is 10.0 Å². The zero-order valence-electron chi connectivity index (χ0n) is 23.7. The Balaban J connectivity index is 1.52. The standard InChI is InChI=1S/C32H31N5O3S2/c1-20-18-25(21(2)36(20)28-14-9-11-22-10-5-6-12-24(22)28)31-30(27-13-7-8-17-33-27)34-32(41)37(31)23-15-16-26(29(19-23)40-3)35-42(4,38)39/h5-19,30-31,35H,1-4H3,(H,34,41)/t30-,31+/m0/s1. The fourth-order valence-electron chi connectivity index (χ4n) is 5.92. The quantitative estimate of drug-likeness (QED) is 0.216. The highest BCUT2D eigenvalue weighted by Gasteiger charge is 2.42. The van der Waals surface area contributed by atoms with Crippen LogP contribution in [-0.2, 0) is 10.0 Å². The van der Waals surface area contributed by atoms with E-state index in [9.17, 15) is 8.42 Å². The summed E-state index contributed by atoms with van der Waals surface area (Å²) >= 11 is 5.94. The summed E-state index contributed by atoms with van der Waals surface area (Å²) in [5.74, 6) is 0.391. The van der Waals surface area contributed by atoms with E-state index in [4.69, 9.17) is 17.0 Å². The van der Waals surface area contributed by atoms with Crippen molar-refractivity contribution in [2.75, 3.05) is 23.0 Å². The zero-order chi connectivity index (χ0) is 29.6. The first-order valence-corrected chi connectivity index (χ1v) is 15.8. The van der Waals surface area contributed by atoms with Gasteiger partial charge in [-0.15, -0.1) is 0 Å². The molecule has 1 fully saturated rings. The number of ether oxygens (including phenoxy) is 1. The fraction of sp³-hybridized carbons (Fsp3) is 0.188. The van der Waals surface area contributed by atoms with E-state index in [1.54, 1.807) is 18.3 Å². The van der Waals surface area contributed by atoms with E-state index in [-0.39, 0.29) is 12.1 Å². The molecule has 1 saturated heterocycles. The lowest BCUT2D eigenvalue weighted by atomic mass is 9.96. The molecule has 3 heterocycles. The van der Waals surface area contributed by atoms with E-state index in [2.05, 4.69) is 86.9 Å². The van der Waals surface area contributed by atoms with E-state index in [1.165, 1.54) is 17.9 Å². The van der Waals surface area contributed by atoms with Crippen molar-refractivity contribution in [2.24, 2.45) is 0 Å². The molecule has 0 saturated carbocycles. The number of pyridine rings is 1. The first kappa shape index (κ1) is 27.7. The van der Waals surface area contributed by atoms with E-state index in [1.807, 2.05) is 24.3 Å². The summed E-state index contributed by atoms with van der Waals surface area (Å²) < 4.78 is 34.3. The first-order valence-electron chi connectivity index (χ1n) is 13.5. The van der Waals surface area contributed by atoms with Crippen molar-refractivity contribution in [1.29, 1.82) is 0 Å². The lowest BCUT2D eigenvalue weighted by molar-refractivity contribution is 0.417. The highest BCUT2D eigenvalue weighted by molar-refractivity contribution is 7.92. The minimum Gasteiger partial charge on any atom is -0.494 e. The summed E-state index contributed by atoms with van der Waals surface area (Å²) in [5, 5.41) is 6.40. The molecule has 8 nitrogen and oxygen atoms in total. The van der Waals surface area contributed by atoms with Crippen LogP contribution in [0, 0.1) is 13.8 Å². The summed E-state index contributed by atoms with van der Waals surface area (Å²) in [6.45, 7) is 4.26. The zero-order valence-corrected chi connectivity index (χ0v) is 25.3. The van der Waals surface area contributed by atoms with Crippen LogP contribution in [0.2, 0.25) is 0 Å². The minimum absolute atomic E-state index is 0.236. The number of fused-ring (bicyclic) bond motifs is 1. The van der Waals surface area contributed by atoms with Crippen molar-refractivity contribution in [1.82, 2.24) is 14.9 Å². The van der Waals surface area contributed by atoms with Gasteiger partial charge < -0.3 is 19.5 Å². The summed E-state index contributed by atoms with van der Waals surface area (Å²) in [6.07, 6.45) is 2.90. The Labute approximate surface area is 251 Å². The molecular weight excluding hydrogens is 567 g/mol. The van der Waals surface area contributed by atoms with Gasteiger partial charge in [-0.2, -0.15) is 0 Å². The molecule has 10 heteroatoms. The monoisotopic (exact) mass is 597 g/mol. The van der Waals surface area contributed by atoms with Gasteiger partial charge in [-0.25, -0.2) is 8.42 Å². The molecule has 2 atom stereocenters. The Bertz CT molecular complexity index is 1920. The molecule has 5 aromatic rings. The average Bonchev–Trinajstić information content (AvgIpc) is 3.47. The number of methoxy groups -OCH3 is 1. The Morgan fingerprint density at radius 3 is 2.48 bits per heavy atom. The van der Waals surface area contributed by atoms with Crippen molar-refractivity contribution in [3.8, 4) is 11.4 Å². The van der Waals surface area contributed by atoms with Gasteiger partial charge in [-0.05, 0) is 73.4 Å². The molecule has 6 rings (SSSR count). The third-order valence-electron chi connectivity index (χ3n) is 7.65. The molecule has 0 amide bonds. The van der Waals surface area contributed by atoms with Gasteiger partial charge in [0.15, 0.2) is 5.11 Å². The van der Waals surface area contributed by atoms with Crippen molar-refractivity contribution in [3.63, 3.8) is 0 Å². The van der Waals surface area contributed by atoms with Crippen LogP contribution in [0.4, 0.5) is 11.4 Å². The predicted octanol–water partition coefficient (Wildman–Crippen LogP) is 6.20. The molecule has 0 unspecified atom stereocenters. The lowest BCUT2D eigenvalue weighted by Gasteiger charge is -2.29. The third kappa shape index (κ3) is 4.97. The van der Waals surface area contributed by atoms with Gasteiger partial charge in [-0.1, -0.05) is 42.5 Å². The van der Waals surface area contributed by atoms with Crippen LogP contribution >= 0.6 is 12.2 Å². The lowest BCUT2D eigenvalue weighted by Crippen LogP contribution is -2.29. The van der Waals surface area contributed by atoms with Gasteiger partial charge in [0.1, 0.15) is 5.75 Å². The van der Waals surface area contributed by atoms with E-state index in [0.29, 0.717) is 16.5 Å². The molecular formula is C32H31N5O3S2. The fourth-order valence-corrected chi connectivity index (χ4v) is 6.84. The van der Waals surface area contributed by atoms with Gasteiger partial charge in [0.25, 0.3) is 0 Å². The maximum atomic E-state index is 12.0. The third-order valence-corrected chi connectivity index (χ3v) is 8.56. The Kier molecular flexibility index (Phi) is 7.12. The number of hydrogen-bond donors (Lipinski definition) is 2. The normalized spacial score (nSPS) is 17.0. The minimum atomic E-state index is -3.49. The molecule has 0 aliphatic carbocycles. The van der Waals surface area contributed by atoms with Crippen LogP contribution in [0.1, 0.15) is 34.7 Å². The van der Waals surface area contributed by atoms with Crippen LogP contribution in [0.15, 0.2) is 91.1 Å². The second-order valence-electron chi connectivity index (χ2n) is 10.4. The molecule has 0 spiro atoms. The van der Waals surface area contributed by atoms with Crippen LogP contribution in [0.5, 0.6) is 5.75 Å². The van der Waals surface area contributed by atoms with Gasteiger partial charge in [0, 0.05) is 34.7 Å². The Hall–Kier alpha value is -4.41. The summed E-state index contributed by atoms with van der Waals surface area (Å²) in [7, 11) is -1.98. The number of aryl methyl sites for hydroxylation is 1. The van der Waals surface area contributed by atoms with E-state index in [0.717, 1.165) is 40.3 Å². The molecule has 1 aliphatic rings. The number of nitrogens with one attached hydrogen (secondary N) is 2. The van der Waals surface area contributed by atoms with Crippen molar-refractivity contribution >= 4 is 49.5 Å². The number of aromatic nitrogens is 2. The van der Waals surface area contributed by atoms with Crippen molar-refractivity contribution < 1.29 is 13.2 Å². The molecule has 0 radical (unpaired) electrons. The summed E-state index contributed by atoms with van der Waals surface area (Å²) in [5.41, 5.74) is 6.39. The van der Waals surface area contributed by atoms with Crippen LogP contribution in [-0.4, -0.2) is 36.4 Å². The number of nitrogens with zero attached hydrogens (tertiary/aromatic N) is 3. The van der Waals surface area contributed by atoms with Crippen molar-refractivity contribution in [2.45, 2.75) is 25.9 Å². The number of sulfonamides is 1. The molecule has 42 heavy (non-hydrogen) atoms. The van der Waals surface area contributed by atoms with Crippen LogP contribution < -0.4 is 19.7 Å². The number of anilines is 2. The number of rotatable bonds is 7. The number of hydrogen-bond acceptors (Lipinski definition) is 5. The molecule has 2 N–H and O–H groups in total. The van der Waals surface area contributed by atoms with Crippen molar-refractivity contribution in [3.05, 3.63) is 114 Å². The topological polar surface area (TPSA) is 88.5 Å². The SMILES string of the molecule is COc1cc(N2C(=S)N[C@@H](c3ccccn3)[C@H]2c2cc(C)n(-c3cccc4ccccc34)c2C)ccc1NS(C)(=O)=O. The largest absolute Gasteiger partial charge is 0.494 e. The summed E-state index contributed by atoms with van der Waals surface area (Å²) in [6, 6.07) is 27.7. The van der Waals surface area contributed by atoms with Gasteiger partial charge >= 0.3 is 0 Å². The number of thiocarbonyl (C=S) groups is 1. The highest BCUT2D eigenvalue weighted by atomic mass is 32.2. The molecule has 0 bridgehead atoms. The Morgan fingerprint density at radius 2 is 1.74 bits per heavy atom. The van der Waals surface area contributed by atoms with Gasteiger partial charge in [0.05, 0.1) is 42.5 Å². The van der Waals surface area contributed by atoms with Gasteiger partial charge in [0.2, 0.25) is 10.0 Å². The first-order chi connectivity index (χ1) is 20.2. The Morgan fingerprint density at radius 1 is 0.976 bits per heavy atom.